The summed E-state index contributed by atoms with van der Waals surface area (Å²) in [6, 6.07) is 11.4. The number of halogens is 2. The van der Waals surface area contributed by atoms with Crippen molar-refractivity contribution in [2.75, 3.05) is 19.0 Å². The second-order valence-electron chi connectivity index (χ2n) is 4.49. The first kappa shape index (κ1) is 17.3. The average Bonchev–Trinajstić information content (AvgIpc) is 2.56. The van der Waals surface area contributed by atoms with Crippen molar-refractivity contribution < 1.29 is 19.1 Å². The first-order valence-corrected chi connectivity index (χ1v) is 7.73. The minimum absolute atomic E-state index is 0.311. The van der Waals surface area contributed by atoms with E-state index >= 15 is 0 Å². The summed E-state index contributed by atoms with van der Waals surface area (Å²) in [5, 5.41) is 3.14. The van der Waals surface area contributed by atoms with Crippen LogP contribution in [0.1, 0.15) is 10.4 Å². The van der Waals surface area contributed by atoms with Crippen LogP contribution < -0.4 is 10.1 Å². The Morgan fingerprint density at radius 3 is 2.70 bits per heavy atom. The number of ether oxygens (including phenoxy) is 2. The van der Waals surface area contributed by atoms with Crippen LogP contribution in [0, 0.1) is 0 Å². The SMILES string of the molecule is COc1cccc(C(=O)OCC(=O)Nc2ccc(Cl)c(Br)c2)c1. The highest BCUT2D eigenvalue weighted by Gasteiger charge is 2.11. The molecule has 23 heavy (non-hydrogen) atoms. The number of benzene rings is 2. The third-order valence-electron chi connectivity index (χ3n) is 2.84. The number of esters is 1. The molecule has 0 heterocycles. The van der Waals surface area contributed by atoms with Gasteiger partial charge in [0.25, 0.3) is 5.91 Å². The number of carbonyl (C=O) groups excluding carboxylic acids is 2. The van der Waals surface area contributed by atoms with Crippen molar-refractivity contribution in [3.05, 3.63) is 57.5 Å². The van der Waals surface area contributed by atoms with Crippen LogP contribution in [0.2, 0.25) is 5.02 Å². The molecule has 7 heteroatoms. The molecule has 0 saturated heterocycles. The normalized spacial score (nSPS) is 10.0. The molecule has 0 fully saturated rings. The monoisotopic (exact) mass is 397 g/mol. The van der Waals surface area contributed by atoms with Crippen LogP contribution in [0.25, 0.3) is 0 Å². The summed E-state index contributed by atoms with van der Waals surface area (Å²) >= 11 is 9.14. The highest BCUT2D eigenvalue weighted by atomic mass is 79.9. The van der Waals surface area contributed by atoms with E-state index in [2.05, 4.69) is 21.2 Å². The van der Waals surface area contributed by atoms with Crippen LogP contribution in [0.15, 0.2) is 46.9 Å². The minimum atomic E-state index is -0.601. The average molecular weight is 399 g/mol. The van der Waals surface area contributed by atoms with Gasteiger partial charge in [0, 0.05) is 10.2 Å². The lowest BCUT2D eigenvalue weighted by atomic mass is 10.2. The van der Waals surface area contributed by atoms with Gasteiger partial charge in [0.2, 0.25) is 0 Å². The summed E-state index contributed by atoms with van der Waals surface area (Å²) in [6.07, 6.45) is 0. The molecular formula is C16H13BrClNO4. The number of nitrogens with one attached hydrogen (secondary N) is 1. The number of methoxy groups -OCH3 is 1. The first-order valence-electron chi connectivity index (χ1n) is 6.55. The predicted molar refractivity (Wildman–Crippen MR) is 91.1 cm³/mol. The van der Waals surface area contributed by atoms with Crippen LogP contribution in [0.5, 0.6) is 5.75 Å². The zero-order valence-electron chi connectivity index (χ0n) is 12.1. The molecule has 0 saturated carbocycles. The van der Waals surface area contributed by atoms with Gasteiger partial charge in [-0.05, 0) is 52.3 Å². The Hall–Kier alpha value is -2.05. The summed E-state index contributed by atoms with van der Waals surface area (Å²) in [5.74, 6) is -0.512. The molecule has 0 aromatic heterocycles. The van der Waals surface area contributed by atoms with Crippen LogP contribution in [-0.2, 0) is 9.53 Å². The zero-order chi connectivity index (χ0) is 16.8. The number of carbonyl (C=O) groups is 2. The molecule has 1 N–H and O–H groups in total. The van der Waals surface area contributed by atoms with Crippen molar-refractivity contribution >= 4 is 45.1 Å². The molecule has 0 bridgehead atoms. The van der Waals surface area contributed by atoms with Crippen LogP contribution in [0.3, 0.4) is 0 Å². The molecule has 0 radical (unpaired) electrons. The van der Waals surface area contributed by atoms with Crippen molar-refractivity contribution in [3.63, 3.8) is 0 Å². The Morgan fingerprint density at radius 1 is 1.22 bits per heavy atom. The first-order chi connectivity index (χ1) is 11.0. The number of amides is 1. The molecule has 0 unspecified atom stereocenters. The fraction of sp³-hybridized carbons (Fsp3) is 0.125. The number of hydrogen-bond acceptors (Lipinski definition) is 4. The Balaban J connectivity index is 1.90. The maximum Gasteiger partial charge on any atom is 0.338 e. The van der Waals surface area contributed by atoms with Gasteiger partial charge in [0.1, 0.15) is 5.75 Å². The molecule has 0 aliphatic carbocycles. The Kier molecular flexibility index (Phi) is 6.01. The Morgan fingerprint density at radius 2 is 2.00 bits per heavy atom. The smallest absolute Gasteiger partial charge is 0.338 e. The molecule has 1 amide bonds. The fourth-order valence-corrected chi connectivity index (χ4v) is 2.23. The molecule has 0 aliphatic heterocycles. The van der Waals surface area contributed by atoms with Crippen molar-refractivity contribution in [3.8, 4) is 5.75 Å². The van der Waals surface area contributed by atoms with Gasteiger partial charge >= 0.3 is 5.97 Å². The van der Waals surface area contributed by atoms with E-state index in [1.54, 1.807) is 36.4 Å². The molecular weight excluding hydrogens is 386 g/mol. The van der Waals surface area contributed by atoms with E-state index in [9.17, 15) is 9.59 Å². The maximum absolute atomic E-state index is 11.9. The summed E-state index contributed by atoms with van der Waals surface area (Å²) in [7, 11) is 1.50. The van der Waals surface area contributed by atoms with Crippen molar-refractivity contribution in [2.45, 2.75) is 0 Å². The summed E-state index contributed by atoms with van der Waals surface area (Å²) in [6.45, 7) is -0.393. The highest BCUT2D eigenvalue weighted by Crippen LogP contribution is 2.25. The van der Waals surface area contributed by atoms with Crippen LogP contribution in [-0.4, -0.2) is 25.6 Å². The van der Waals surface area contributed by atoms with Gasteiger partial charge in [0.15, 0.2) is 6.61 Å². The Labute approximate surface area is 146 Å². The van der Waals surface area contributed by atoms with Crippen molar-refractivity contribution in [1.82, 2.24) is 0 Å². The van der Waals surface area contributed by atoms with Gasteiger partial charge in [0.05, 0.1) is 17.7 Å². The summed E-state index contributed by atoms with van der Waals surface area (Å²) in [4.78, 5) is 23.7. The number of anilines is 1. The lowest BCUT2D eigenvalue weighted by Gasteiger charge is -2.08. The van der Waals surface area contributed by atoms with Gasteiger partial charge in [-0.15, -0.1) is 0 Å². The molecule has 0 spiro atoms. The maximum atomic E-state index is 11.9. The Bertz CT molecular complexity index is 736. The predicted octanol–water partition coefficient (Wildman–Crippen LogP) is 3.91. The van der Waals surface area contributed by atoms with E-state index < -0.39 is 18.5 Å². The van der Waals surface area contributed by atoms with Gasteiger partial charge < -0.3 is 14.8 Å². The zero-order valence-corrected chi connectivity index (χ0v) is 14.5. The number of rotatable bonds is 5. The fourth-order valence-electron chi connectivity index (χ4n) is 1.74. The van der Waals surface area contributed by atoms with Crippen LogP contribution >= 0.6 is 27.5 Å². The third-order valence-corrected chi connectivity index (χ3v) is 4.06. The number of hydrogen-bond donors (Lipinski definition) is 1. The van der Waals surface area contributed by atoms with Gasteiger partial charge in [-0.3, -0.25) is 4.79 Å². The van der Waals surface area contributed by atoms with E-state index in [1.807, 2.05) is 0 Å². The van der Waals surface area contributed by atoms with E-state index in [1.165, 1.54) is 13.2 Å². The third kappa shape index (κ3) is 4.97. The standard InChI is InChI=1S/C16H13BrClNO4/c1-22-12-4-2-3-10(7-12)16(21)23-9-15(20)19-11-5-6-14(18)13(17)8-11/h2-8H,9H2,1H3,(H,19,20). The van der Waals surface area contributed by atoms with E-state index in [4.69, 9.17) is 21.1 Å². The van der Waals surface area contributed by atoms with Gasteiger partial charge in [-0.1, -0.05) is 17.7 Å². The van der Waals surface area contributed by atoms with Crippen molar-refractivity contribution in [2.24, 2.45) is 0 Å². The molecule has 120 valence electrons. The second kappa shape index (κ2) is 7.99. The minimum Gasteiger partial charge on any atom is -0.497 e. The second-order valence-corrected chi connectivity index (χ2v) is 5.75. The quantitative estimate of drug-likeness (QED) is 0.776. The summed E-state index contributed by atoms with van der Waals surface area (Å²) in [5.41, 5.74) is 0.857. The van der Waals surface area contributed by atoms with E-state index in [0.717, 1.165) is 0 Å². The lowest BCUT2D eigenvalue weighted by molar-refractivity contribution is -0.119. The molecule has 2 aromatic carbocycles. The largest absolute Gasteiger partial charge is 0.497 e. The molecule has 0 aliphatic rings. The molecule has 0 atom stereocenters. The van der Waals surface area contributed by atoms with E-state index in [-0.39, 0.29) is 0 Å². The van der Waals surface area contributed by atoms with Crippen molar-refractivity contribution in [1.29, 1.82) is 0 Å². The van der Waals surface area contributed by atoms with E-state index in [0.29, 0.717) is 26.5 Å². The molecule has 5 nitrogen and oxygen atoms in total. The molecule has 2 aromatic rings. The summed E-state index contributed by atoms with van der Waals surface area (Å²) < 4.78 is 10.7. The molecule has 2 rings (SSSR count). The van der Waals surface area contributed by atoms with Crippen LogP contribution in [0.4, 0.5) is 5.69 Å². The highest BCUT2D eigenvalue weighted by molar-refractivity contribution is 9.10. The van der Waals surface area contributed by atoms with Gasteiger partial charge in [-0.2, -0.15) is 0 Å². The lowest BCUT2D eigenvalue weighted by Crippen LogP contribution is -2.20. The van der Waals surface area contributed by atoms with Gasteiger partial charge in [-0.25, -0.2) is 4.79 Å². The topological polar surface area (TPSA) is 64.6 Å².